The summed E-state index contributed by atoms with van der Waals surface area (Å²) in [7, 11) is 0. The number of thiazole rings is 1. The summed E-state index contributed by atoms with van der Waals surface area (Å²) in [6.07, 6.45) is 1.76. The van der Waals surface area contributed by atoms with Gasteiger partial charge in [0.2, 0.25) is 0 Å². The first-order valence-corrected chi connectivity index (χ1v) is 14.8. The molecule has 212 valence electrons. The maximum Gasteiger partial charge on any atom is 0.338 e. The molecule has 1 aromatic heterocycles. The zero-order valence-corrected chi connectivity index (χ0v) is 25.9. The molecule has 0 N–H and O–H groups in total. The zero-order valence-electron chi connectivity index (χ0n) is 23.4. The van der Waals surface area contributed by atoms with Gasteiger partial charge in [-0.2, -0.15) is 0 Å². The van der Waals surface area contributed by atoms with Crippen molar-refractivity contribution in [3.05, 3.63) is 83.0 Å². The third-order valence-corrected chi connectivity index (χ3v) is 7.58. The molecule has 0 saturated carbocycles. The molecule has 0 bridgehead atoms. The quantitative estimate of drug-likeness (QED) is 0.289. The summed E-state index contributed by atoms with van der Waals surface area (Å²) in [5.41, 5.74) is 2.11. The van der Waals surface area contributed by atoms with Crippen LogP contribution in [-0.4, -0.2) is 36.5 Å². The van der Waals surface area contributed by atoms with Gasteiger partial charge in [-0.05, 0) is 98.9 Å². The predicted octanol–water partition coefficient (Wildman–Crippen LogP) is 5.15. The minimum absolute atomic E-state index is 0.0375. The lowest BCUT2D eigenvalue weighted by molar-refractivity contribution is -0.139. The van der Waals surface area contributed by atoms with Crippen molar-refractivity contribution in [2.45, 2.75) is 53.7 Å². The van der Waals surface area contributed by atoms with Gasteiger partial charge in [0, 0.05) is 0 Å². The SMILES string of the molecule is CCOC(=O)C1=C(C)N=c2s/c(=C\c3cc(Br)c(OC(C)C)c(OCC)c3)c(=O)n2[C@@H]1c1ccc(OCC)cc1. The van der Waals surface area contributed by atoms with Crippen LogP contribution >= 0.6 is 27.3 Å². The fraction of sp³-hybridized carbons (Fsp3) is 0.367. The van der Waals surface area contributed by atoms with E-state index in [1.54, 1.807) is 24.5 Å². The second kappa shape index (κ2) is 12.9. The van der Waals surface area contributed by atoms with Crippen molar-refractivity contribution in [3.63, 3.8) is 0 Å². The highest BCUT2D eigenvalue weighted by molar-refractivity contribution is 9.10. The molecule has 0 amide bonds. The summed E-state index contributed by atoms with van der Waals surface area (Å²) in [5, 5.41) is 0. The maximum absolute atomic E-state index is 13.9. The molecule has 0 spiro atoms. The Labute approximate surface area is 245 Å². The standard InChI is InChI=1S/C30H33BrN2O6S/c1-7-36-21-12-10-20(11-13-21)26-25(29(35)38-9-3)18(6)32-30-33(26)28(34)24(40-30)16-19-14-22(31)27(39-17(4)5)23(15-19)37-8-2/h10-17,26H,7-9H2,1-6H3/b24-16-/t26-/m1/s1. The number of rotatable bonds is 10. The molecule has 0 saturated heterocycles. The summed E-state index contributed by atoms with van der Waals surface area (Å²) in [4.78, 5) is 32.2. The second-order valence-corrected chi connectivity index (χ2v) is 11.1. The Hall–Kier alpha value is -3.37. The Balaban J connectivity index is 1.89. The molecule has 2 aromatic carbocycles. The predicted molar refractivity (Wildman–Crippen MR) is 159 cm³/mol. The zero-order chi connectivity index (χ0) is 29.0. The lowest BCUT2D eigenvalue weighted by Gasteiger charge is -2.24. The van der Waals surface area contributed by atoms with Crippen molar-refractivity contribution in [2.75, 3.05) is 19.8 Å². The third-order valence-electron chi connectivity index (χ3n) is 6.01. The molecule has 0 radical (unpaired) electrons. The number of carbonyl (C=O) groups excluding carboxylic acids is 1. The smallest absolute Gasteiger partial charge is 0.338 e. The highest BCUT2D eigenvalue weighted by Gasteiger charge is 2.33. The van der Waals surface area contributed by atoms with E-state index in [9.17, 15) is 9.59 Å². The number of ether oxygens (including phenoxy) is 4. The summed E-state index contributed by atoms with van der Waals surface area (Å²) in [6.45, 7) is 12.4. The number of aromatic nitrogens is 1. The van der Waals surface area contributed by atoms with Crippen LogP contribution in [0.5, 0.6) is 17.2 Å². The minimum atomic E-state index is -0.694. The van der Waals surface area contributed by atoms with Crippen LogP contribution < -0.4 is 29.1 Å². The molecule has 0 unspecified atom stereocenters. The van der Waals surface area contributed by atoms with Gasteiger partial charge in [-0.25, -0.2) is 9.79 Å². The molecule has 4 rings (SSSR count). The van der Waals surface area contributed by atoms with E-state index in [0.717, 1.165) is 15.6 Å². The lowest BCUT2D eigenvalue weighted by atomic mass is 9.96. The van der Waals surface area contributed by atoms with Crippen LogP contribution in [0.4, 0.5) is 0 Å². The molecular weight excluding hydrogens is 596 g/mol. The number of benzene rings is 2. The number of carbonyl (C=O) groups is 1. The van der Waals surface area contributed by atoms with Crippen LogP contribution in [0.15, 0.2) is 61.9 Å². The minimum Gasteiger partial charge on any atom is -0.494 e. The number of esters is 1. The number of hydrogen-bond donors (Lipinski definition) is 0. The number of hydrogen-bond acceptors (Lipinski definition) is 8. The van der Waals surface area contributed by atoms with Crippen LogP contribution in [0.2, 0.25) is 0 Å². The van der Waals surface area contributed by atoms with Crippen LogP contribution in [0.1, 0.15) is 58.7 Å². The largest absolute Gasteiger partial charge is 0.494 e. The van der Waals surface area contributed by atoms with E-state index >= 15 is 0 Å². The summed E-state index contributed by atoms with van der Waals surface area (Å²) < 4.78 is 25.5. The molecule has 1 aliphatic heterocycles. The molecule has 10 heteroatoms. The van der Waals surface area contributed by atoms with Crippen molar-refractivity contribution >= 4 is 39.3 Å². The molecule has 1 atom stereocenters. The summed E-state index contributed by atoms with van der Waals surface area (Å²) in [6, 6.07) is 10.4. The van der Waals surface area contributed by atoms with Gasteiger partial charge in [-0.3, -0.25) is 9.36 Å². The molecule has 40 heavy (non-hydrogen) atoms. The molecule has 3 aromatic rings. The summed E-state index contributed by atoms with van der Waals surface area (Å²) in [5.74, 6) is 1.40. The van der Waals surface area contributed by atoms with Crippen molar-refractivity contribution < 1.29 is 23.7 Å². The van der Waals surface area contributed by atoms with E-state index in [1.165, 1.54) is 11.3 Å². The van der Waals surface area contributed by atoms with Crippen molar-refractivity contribution in [1.82, 2.24) is 4.57 Å². The van der Waals surface area contributed by atoms with E-state index in [0.29, 0.717) is 51.1 Å². The first kappa shape index (κ1) is 29.6. The monoisotopic (exact) mass is 628 g/mol. The maximum atomic E-state index is 13.9. The number of halogens is 1. The van der Waals surface area contributed by atoms with Crippen molar-refractivity contribution in [1.29, 1.82) is 0 Å². The Kier molecular flexibility index (Phi) is 9.52. The molecule has 0 fully saturated rings. The Bertz CT molecular complexity index is 1600. The average Bonchev–Trinajstić information content (AvgIpc) is 3.20. The Morgan fingerprint density at radius 1 is 1.10 bits per heavy atom. The molecule has 1 aliphatic rings. The summed E-state index contributed by atoms with van der Waals surface area (Å²) >= 11 is 4.86. The number of fused-ring (bicyclic) bond motifs is 1. The van der Waals surface area contributed by atoms with Gasteiger partial charge in [-0.1, -0.05) is 23.5 Å². The normalized spacial score (nSPS) is 15.1. The molecular formula is C30H33BrN2O6S. The van der Waals surface area contributed by atoms with Gasteiger partial charge < -0.3 is 18.9 Å². The van der Waals surface area contributed by atoms with Gasteiger partial charge in [0.1, 0.15) is 5.75 Å². The van der Waals surface area contributed by atoms with E-state index in [-0.39, 0.29) is 18.3 Å². The van der Waals surface area contributed by atoms with E-state index in [2.05, 4.69) is 20.9 Å². The van der Waals surface area contributed by atoms with Gasteiger partial charge in [0.25, 0.3) is 5.56 Å². The van der Waals surface area contributed by atoms with Crippen LogP contribution in [-0.2, 0) is 9.53 Å². The second-order valence-electron chi connectivity index (χ2n) is 9.23. The highest BCUT2D eigenvalue weighted by atomic mass is 79.9. The molecule has 0 aliphatic carbocycles. The van der Waals surface area contributed by atoms with E-state index in [4.69, 9.17) is 18.9 Å². The van der Waals surface area contributed by atoms with Gasteiger partial charge >= 0.3 is 5.97 Å². The average molecular weight is 630 g/mol. The van der Waals surface area contributed by atoms with Crippen LogP contribution in [0.3, 0.4) is 0 Å². The van der Waals surface area contributed by atoms with E-state index < -0.39 is 12.0 Å². The van der Waals surface area contributed by atoms with Gasteiger partial charge in [-0.15, -0.1) is 0 Å². The third kappa shape index (κ3) is 6.18. The number of nitrogens with zero attached hydrogens (tertiary/aromatic N) is 2. The van der Waals surface area contributed by atoms with Crippen molar-refractivity contribution in [2.24, 2.45) is 4.99 Å². The fourth-order valence-electron chi connectivity index (χ4n) is 4.46. The first-order chi connectivity index (χ1) is 19.2. The fourth-order valence-corrected chi connectivity index (χ4v) is 6.06. The highest BCUT2D eigenvalue weighted by Crippen LogP contribution is 2.38. The van der Waals surface area contributed by atoms with E-state index in [1.807, 2.05) is 64.1 Å². The Morgan fingerprint density at radius 2 is 1.80 bits per heavy atom. The topological polar surface area (TPSA) is 88.4 Å². The Morgan fingerprint density at radius 3 is 2.42 bits per heavy atom. The van der Waals surface area contributed by atoms with Crippen molar-refractivity contribution in [3.8, 4) is 17.2 Å². The van der Waals surface area contributed by atoms with Gasteiger partial charge in [0.15, 0.2) is 16.3 Å². The van der Waals surface area contributed by atoms with Crippen LogP contribution in [0.25, 0.3) is 6.08 Å². The lowest BCUT2D eigenvalue weighted by Crippen LogP contribution is -2.39. The van der Waals surface area contributed by atoms with Crippen LogP contribution in [0, 0.1) is 0 Å². The van der Waals surface area contributed by atoms with Gasteiger partial charge in [0.05, 0.1) is 52.2 Å². The molecule has 8 nitrogen and oxygen atoms in total. The first-order valence-electron chi connectivity index (χ1n) is 13.2. The molecule has 2 heterocycles. The number of allylic oxidation sites excluding steroid dienone is 1.